The van der Waals surface area contributed by atoms with Crippen molar-refractivity contribution in [1.82, 2.24) is 0 Å². The lowest BCUT2D eigenvalue weighted by molar-refractivity contribution is 0.436. The third-order valence-corrected chi connectivity index (χ3v) is 3.39. The van der Waals surface area contributed by atoms with Gasteiger partial charge < -0.3 is 10.5 Å². The van der Waals surface area contributed by atoms with Gasteiger partial charge in [-0.25, -0.2) is 4.39 Å². The van der Waals surface area contributed by atoms with Crippen molar-refractivity contribution in [2.75, 3.05) is 6.54 Å². The molecule has 0 unspecified atom stereocenters. The fraction of sp³-hybridized carbons (Fsp3) is 0.143. The fourth-order valence-electron chi connectivity index (χ4n) is 1.69. The van der Waals surface area contributed by atoms with Crippen molar-refractivity contribution in [1.29, 1.82) is 0 Å². The number of benzene rings is 2. The second kappa shape index (κ2) is 6.24. The molecule has 0 radical (unpaired) electrons. The monoisotopic (exact) mass is 299 g/mol. The summed E-state index contributed by atoms with van der Waals surface area (Å²) in [5.41, 5.74) is 6.19. The van der Waals surface area contributed by atoms with Gasteiger partial charge >= 0.3 is 0 Å². The van der Waals surface area contributed by atoms with Crippen LogP contribution in [-0.2, 0) is 6.42 Å². The minimum Gasteiger partial charge on any atom is -0.452 e. The van der Waals surface area contributed by atoms with Crippen LogP contribution in [0.5, 0.6) is 11.5 Å². The fourth-order valence-corrected chi connectivity index (χ4v) is 2.02. The molecule has 2 rings (SSSR count). The van der Waals surface area contributed by atoms with E-state index >= 15 is 0 Å². The lowest BCUT2D eigenvalue weighted by Gasteiger charge is -2.13. The van der Waals surface area contributed by atoms with Gasteiger partial charge in [-0.15, -0.1) is 0 Å². The molecule has 0 amide bonds. The molecule has 2 nitrogen and oxygen atoms in total. The van der Waals surface area contributed by atoms with Crippen molar-refractivity contribution in [3.8, 4) is 11.5 Å². The van der Waals surface area contributed by atoms with Crippen molar-refractivity contribution in [3.05, 3.63) is 57.8 Å². The zero-order valence-corrected chi connectivity index (χ0v) is 11.5. The molecule has 0 atom stereocenters. The van der Waals surface area contributed by atoms with Crippen LogP contribution in [0.25, 0.3) is 0 Å². The van der Waals surface area contributed by atoms with E-state index in [4.69, 9.17) is 33.7 Å². The molecule has 5 heteroatoms. The third kappa shape index (κ3) is 3.18. The molecule has 2 aromatic rings. The normalized spacial score (nSPS) is 10.5. The summed E-state index contributed by atoms with van der Waals surface area (Å²) in [6.07, 6.45) is 0.519. The Balaban J connectivity index is 2.40. The lowest BCUT2D eigenvalue weighted by atomic mass is 10.1. The number of para-hydroxylation sites is 1. The molecule has 0 aromatic heterocycles. The van der Waals surface area contributed by atoms with E-state index in [1.807, 2.05) is 0 Å². The molecule has 2 aromatic carbocycles. The Morgan fingerprint density at radius 1 is 1.11 bits per heavy atom. The van der Waals surface area contributed by atoms with Gasteiger partial charge in [0.05, 0.1) is 5.02 Å². The van der Waals surface area contributed by atoms with E-state index in [9.17, 15) is 4.39 Å². The molecule has 2 N–H and O–H groups in total. The van der Waals surface area contributed by atoms with Gasteiger partial charge in [0.2, 0.25) is 0 Å². The molecule has 0 aliphatic carbocycles. The maximum Gasteiger partial charge on any atom is 0.166 e. The third-order valence-electron chi connectivity index (χ3n) is 2.59. The van der Waals surface area contributed by atoms with Crippen LogP contribution in [-0.4, -0.2) is 6.54 Å². The molecular formula is C14H12Cl2FNO. The summed E-state index contributed by atoms with van der Waals surface area (Å²) in [4.78, 5) is 0. The first-order valence-corrected chi connectivity index (χ1v) is 6.48. The number of rotatable bonds is 4. The predicted octanol–water partition coefficient (Wildman–Crippen LogP) is 4.43. The topological polar surface area (TPSA) is 35.2 Å². The van der Waals surface area contributed by atoms with E-state index in [1.54, 1.807) is 30.3 Å². The summed E-state index contributed by atoms with van der Waals surface area (Å²) in [7, 11) is 0. The van der Waals surface area contributed by atoms with E-state index < -0.39 is 5.82 Å². The highest BCUT2D eigenvalue weighted by atomic mass is 35.5. The molecule has 0 aliphatic rings. The first-order valence-electron chi connectivity index (χ1n) is 5.73. The number of nitrogens with two attached hydrogens (primary N) is 1. The second-order valence-corrected chi connectivity index (χ2v) is 4.71. The zero-order valence-electron chi connectivity index (χ0n) is 10.00. The first kappa shape index (κ1) is 14.1. The summed E-state index contributed by atoms with van der Waals surface area (Å²) >= 11 is 11.9. The standard InChI is InChI=1S/C14H12Cl2FNO/c15-10-4-2-6-12(13(10)16)19-14-9(7-8-18)3-1-5-11(14)17/h1-6H,7-8,18H2. The van der Waals surface area contributed by atoms with E-state index in [0.717, 1.165) is 0 Å². The summed E-state index contributed by atoms with van der Waals surface area (Å²) in [6, 6.07) is 9.67. The van der Waals surface area contributed by atoms with Gasteiger partial charge in [0.25, 0.3) is 0 Å². The van der Waals surface area contributed by atoms with Crippen LogP contribution in [0.15, 0.2) is 36.4 Å². The molecule has 19 heavy (non-hydrogen) atoms. The largest absolute Gasteiger partial charge is 0.452 e. The van der Waals surface area contributed by atoms with Crippen LogP contribution < -0.4 is 10.5 Å². The van der Waals surface area contributed by atoms with Crippen LogP contribution >= 0.6 is 23.2 Å². The van der Waals surface area contributed by atoms with Gasteiger partial charge in [-0.2, -0.15) is 0 Å². The number of hydrogen-bond acceptors (Lipinski definition) is 2. The van der Waals surface area contributed by atoms with Crippen molar-refractivity contribution < 1.29 is 9.13 Å². The number of halogens is 3. The van der Waals surface area contributed by atoms with Crippen LogP contribution in [0.3, 0.4) is 0 Å². The van der Waals surface area contributed by atoms with Crippen LogP contribution in [0.2, 0.25) is 10.0 Å². The number of hydrogen-bond donors (Lipinski definition) is 1. The molecule has 0 bridgehead atoms. The van der Waals surface area contributed by atoms with E-state index in [-0.39, 0.29) is 10.8 Å². The van der Waals surface area contributed by atoms with E-state index in [1.165, 1.54) is 6.07 Å². The molecule has 0 heterocycles. The first-order chi connectivity index (χ1) is 9.13. The molecule has 0 aliphatic heterocycles. The van der Waals surface area contributed by atoms with Gasteiger partial charge in [0.1, 0.15) is 10.8 Å². The van der Waals surface area contributed by atoms with Crippen LogP contribution in [0, 0.1) is 5.82 Å². The Labute approximate surface area is 120 Å². The average Bonchev–Trinajstić information content (AvgIpc) is 2.39. The Hall–Kier alpha value is -1.29. The van der Waals surface area contributed by atoms with Crippen LogP contribution in [0.1, 0.15) is 5.56 Å². The SMILES string of the molecule is NCCc1cccc(F)c1Oc1cccc(Cl)c1Cl. The summed E-state index contributed by atoms with van der Waals surface area (Å²) < 4.78 is 19.4. The Bertz CT molecular complexity index is 590. The molecule has 100 valence electrons. The zero-order chi connectivity index (χ0) is 13.8. The van der Waals surface area contributed by atoms with Gasteiger partial charge in [0, 0.05) is 0 Å². The lowest BCUT2D eigenvalue weighted by Crippen LogP contribution is -2.05. The molecule has 0 spiro atoms. The van der Waals surface area contributed by atoms with Crippen molar-refractivity contribution in [2.24, 2.45) is 5.73 Å². The summed E-state index contributed by atoms with van der Waals surface area (Å²) in [6.45, 7) is 0.406. The van der Waals surface area contributed by atoms with Gasteiger partial charge in [-0.1, -0.05) is 41.4 Å². The minimum atomic E-state index is -0.456. The highest BCUT2D eigenvalue weighted by Crippen LogP contribution is 2.36. The van der Waals surface area contributed by atoms with Crippen molar-refractivity contribution in [2.45, 2.75) is 6.42 Å². The number of ether oxygens (including phenoxy) is 1. The van der Waals surface area contributed by atoms with Crippen molar-refractivity contribution >= 4 is 23.2 Å². The Kier molecular flexibility index (Phi) is 4.64. The Morgan fingerprint density at radius 3 is 2.58 bits per heavy atom. The molecule has 0 saturated carbocycles. The predicted molar refractivity (Wildman–Crippen MR) is 75.7 cm³/mol. The second-order valence-electron chi connectivity index (χ2n) is 3.92. The molecule has 0 fully saturated rings. The maximum absolute atomic E-state index is 13.8. The minimum absolute atomic E-state index is 0.136. The highest BCUT2D eigenvalue weighted by Gasteiger charge is 2.13. The quantitative estimate of drug-likeness (QED) is 0.906. The highest BCUT2D eigenvalue weighted by molar-refractivity contribution is 6.42. The maximum atomic E-state index is 13.8. The van der Waals surface area contributed by atoms with Gasteiger partial charge in [-0.05, 0) is 36.7 Å². The molecular weight excluding hydrogens is 288 g/mol. The average molecular weight is 300 g/mol. The van der Waals surface area contributed by atoms with E-state index in [2.05, 4.69) is 0 Å². The Morgan fingerprint density at radius 2 is 1.84 bits per heavy atom. The van der Waals surface area contributed by atoms with Gasteiger partial charge in [0.15, 0.2) is 11.6 Å². The smallest absolute Gasteiger partial charge is 0.166 e. The summed E-state index contributed by atoms with van der Waals surface area (Å²) in [5, 5.41) is 0.613. The van der Waals surface area contributed by atoms with Crippen molar-refractivity contribution in [3.63, 3.8) is 0 Å². The summed E-state index contributed by atoms with van der Waals surface area (Å²) in [5.74, 6) is -0.00310. The van der Waals surface area contributed by atoms with Gasteiger partial charge in [-0.3, -0.25) is 0 Å². The van der Waals surface area contributed by atoms with E-state index in [0.29, 0.717) is 29.3 Å². The van der Waals surface area contributed by atoms with Crippen LogP contribution in [0.4, 0.5) is 4.39 Å². The molecule has 0 saturated heterocycles.